The van der Waals surface area contributed by atoms with Gasteiger partial charge in [-0.3, -0.25) is 10.1 Å². The third-order valence-electron chi connectivity index (χ3n) is 2.65. The number of nitro groups is 1. The van der Waals surface area contributed by atoms with Gasteiger partial charge in [0.1, 0.15) is 5.69 Å². The molecule has 0 aliphatic heterocycles. The zero-order chi connectivity index (χ0) is 15.0. The fourth-order valence-corrected chi connectivity index (χ4v) is 1.83. The first-order valence-corrected chi connectivity index (χ1v) is 6.24. The molecule has 0 aliphatic carbocycles. The van der Waals surface area contributed by atoms with E-state index in [4.69, 9.17) is 5.11 Å². The topological polar surface area (TPSA) is 78.6 Å². The summed E-state index contributed by atoms with van der Waals surface area (Å²) < 4.78 is 0. The average Bonchev–Trinajstić information content (AvgIpc) is 2.44. The summed E-state index contributed by atoms with van der Waals surface area (Å²) in [5.41, 5.74) is 1.13. The number of benzene rings is 1. The van der Waals surface area contributed by atoms with Gasteiger partial charge in [0.05, 0.1) is 11.5 Å². The van der Waals surface area contributed by atoms with E-state index in [9.17, 15) is 10.1 Å². The third-order valence-corrected chi connectivity index (χ3v) is 2.65. The summed E-state index contributed by atoms with van der Waals surface area (Å²) in [4.78, 5) is 12.6. The Balaban J connectivity index is 3.13. The first-order chi connectivity index (χ1) is 9.63. The van der Waals surface area contributed by atoms with E-state index < -0.39 is 4.92 Å². The SMILES string of the molecule is C=CCN(CC=C)c1ccc(NCCO)cc1[N+](=O)[O-]. The van der Waals surface area contributed by atoms with Crippen LogP contribution in [0.15, 0.2) is 43.5 Å². The minimum Gasteiger partial charge on any atom is -0.395 e. The summed E-state index contributed by atoms with van der Waals surface area (Å²) in [7, 11) is 0. The molecule has 0 aliphatic rings. The zero-order valence-corrected chi connectivity index (χ0v) is 11.3. The predicted molar refractivity (Wildman–Crippen MR) is 81.3 cm³/mol. The summed E-state index contributed by atoms with van der Waals surface area (Å²) in [5, 5.41) is 22.9. The second kappa shape index (κ2) is 7.96. The number of hydrogen-bond donors (Lipinski definition) is 2. The molecule has 20 heavy (non-hydrogen) atoms. The third kappa shape index (κ3) is 4.10. The molecule has 0 saturated heterocycles. The fourth-order valence-electron chi connectivity index (χ4n) is 1.83. The second-order valence-electron chi connectivity index (χ2n) is 4.09. The first-order valence-electron chi connectivity index (χ1n) is 6.24. The number of hydrogen-bond acceptors (Lipinski definition) is 5. The van der Waals surface area contributed by atoms with E-state index in [1.54, 1.807) is 24.3 Å². The lowest BCUT2D eigenvalue weighted by Crippen LogP contribution is -2.24. The number of nitrogens with zero attached hydrogens (tertiary/aromatic N) is 2. The van der Waals surface area contributed by atoms with Crippen LogP contribution in [0.25, 0.3) is 0 Å². The lowest BCUT2D eigenvalue weighted by molar-refractivity contribution is -0.384. The Morgan fingerprint density at radius 3 is 2.50 bits per heavy atom. The monoisotopic (exact) mass is 277 g/mol. The number of aliphatic hydroxyl groups excluding tert-OH is 1. The van der Waals surface area contributed by atoms with Crippen molar-refractivity contribution in [2.45, 2.75) is 0 Å². The molecule has 1 aromatic carbocycles. The molecule has 0 unspecified atom stereocenters. The summed E-state index contributed by atoms with van der Waals surface area (Å²) in [5.74, 6) is 0. The van der Waals surface area contributed by atoms with Crippen LogP contribution in [0.3, 0.4) is 0 Å². The maximum absolute atomic E-state index is 11.2. The van der Waals surface area contributed by atoms with Gasteiger partial charge in [0.25, 0.3) is 5.69 Å². The summed E-state index contributed by atoms with van der Waals surface area (Å²) >= 11 is 0. The molecule has 0 saturated carbocycles. The van der Waals surface area contributed by atoms with Gasteiger partial charge < -0.3 is 15.3 Å². The van der Waals surface area contributed by atoms with Crippen molar-refractivity contribution in [3.63, 3.8) is 0 Å². The zero-order valence-electron chi connectivity index (χ0n) is 11.3. The molecule has 0 atom stereocenters. The molecule has 0 heterocycles. The van der Waals surface area contributed by atoms with Gasteiger partial charge in [0, 0.05) is 31.4 Å². The highest BCUT2D eigenvalue weighted by molar-refractivity contribution is 5.69. The van der Waals surface area contributed by atoms with Gasteiger partial charge in [-0.05, 0) is 12.1 Å². The fraction of sp³-hybridized carbons (Fsp3) is 0.286. The van der Waals surface area contributed by atoms with Crippen LogP contribution in [0.1, 0.15) is 0 Å². The highest BCUT2D eigenvalue weighted by Gasteiger charge is 2.18. The smallest absolute Gasteiger partial charge is 0.294 e. The molecule has 108 valence electrons. The van der Waals surface area contributed by atoms with Gasteiger partial charge >= 0.3 is 0 Å². The van der Waals surface area contributed by atoms with Gasteiger partial charge in [0.15, 0.2) is 0 Å². The van der Waals surface area contributed by atoms with Crippen LogP contribution in [0.5, 0.6) is 0 Å². The van der Waals surface area contributed by atoms with Gasteiger partial charge in [-0.25, -0.2) is 0 Å². The Labute approximate surface area is 118 Å². The lowest BCUT2D eigenvalue weighted by atomic mass is 10.2. The van der Waals surface area contributed by atoms with Crippen LogP contribution in [-0.4, -0.2) is 36.3 Å². The Morgan fingerprint density at radius 2 is 2.00 bits per heavy atom. The largest absolute Gasteiger partial charge is 0.395 e. The van der Waals surface area contributed by atoms with Crippen molar-refractivity contribution in [2.24, 2.45) is 0 Å². The quantitative estimate of drug-likeness (QED) is 0.411. The normalized spacial score (nSPS) is 9.85. The van der Waals surface area contributed by atoms with Crippen LogP contribution < -0.4 is 10.2 Å². The van der Waals surface area contributed by atoms with Crippen LogP contribution >= 0.6 is 0 Å². The Hall–Kier alpha value is -2.34. The van der Waals surface area contributed by atoms with Crippen molar-refractivity contribution in [2.75, 3.05) is 36.5 Å². The van der Waals surface area contributed by atoms with E-state index in [2.05, 4.69) is 18.5 Å². The maximum Gasteiger partial charge on any atom is 0.294 e. The Bertz CT molecular complexity index is 479. The number of nitrogens with one attached hydrogen (secondary N) is 1. The lowest BCUT2D eigenvalue weighted by Gasteiger charge is -2.21. The van der Waals surface area contributed by atoms with E-state index in [1.165, 1.54) is 6.07 Å². The molecule has 1 aromatic rings. The Kier molecular flexibility index (Phi) is 6.25. The van der Waals surface area contributed by atoms with Crippen molar-refractivity contribution in [1.82, 2.24) is 0 Å². The van der Waals surface area contributed by atoms with E-state index in [-0.39, 0.29) is 12.3 Å². The van der Waals surface area contributed by atoms with Gasteiger partial charge in [0.2, 0.25) is 0 Å². The summed E-state index contributed by atoms with van der Waals surface area (Å²) in [6, 6.07) is 4.90. The molecular formula is C14H19N3O3. The molecule has 0 spiro atoms. The number of rotatable bonds is 9. The average molecular weight is 277 g/mol. The molecule has 6 heteroatoms. The minimum absolute atomic E-state index is 0.0108. The van der Waals surface area contributed by atoms with E-state index >= 15 is 0 Å². The first kappa shape index (κ1) is 15.7. The number of aliphatic hydroxyl groups is 1. The molecule has 6 nitrogen and oxygen atoms in total. The van der Waals surface area contributed by atoms with Crippen LogP contribution in [-0.2, 0) is 0 Å². The Morgan fingerprint density at radius 1 is 1.35 bits per heavy atom. The van der Waals surface area contributed by atoms with Crippen LogP contribution in [0, 0.1) is 10.1 Å². The predicted octanol–water partition coefficient (Wildman–Crippen LogP) is 2.18. The molecular weight excluding hydrogens is 258 g/mol. The number of nitro benzene ring substituents is 1. The molecule has 0 radical (unpaired) electrons. The molecule has 0 amide bonds. The van der Waals surface area contributed by atoms with E-state index in [0.29, 0.717) is 31.0 Å². The van der Waals surface area contributed by atoms with E-state index in [0.717, 1.165) is 0 Å². The summed E-state index contributed by atoms with van der Waals surface area (Å²) in [6.07, 6.45) is 3.37. The van der Waals surface area contributed by atoms with Crippen molar-refractivity contribution >= 4 is 17.1 Å². The minimum atomic E-state index is -0.418. The molecule has 0 aromatic heterocycles. The molecule has 0 fully saturated rings. The van der Waals surface area contributed by atoms with Gasteiger partial charge in [-0.2, -0.15) is 0 Å². The van der Waals surface area contributed by atoms with E-state index in [1.807, 2.05) is 4.90 Å². The second-order valence-corrected chi connectivity index (χ2v) is 4.09. The highest BCUT2D eigenvalue weighted by atomic mass is 16.6. The van der Waals surface area contributed by atoms with Crippen molar-refractivity contribution in [3.8, 4) is 0 Å². The highest BCUT2D eigenvalue weighted by Crippen LogP contribution is 2.31. The van der Waals surface area contributed by atoms with Crippen molar-refractivity contribution < 1.29 is 10.0 Å². The number of anilines is 2. The van der Waals surface area contributed by atoms with Gasteiger partial charge in [-0.1, -0.05) is 12.2 Å². The molecule has 2 N–H and O–H groups in total. The van der Waals surface area contributed by atoms with Crippen molar-refractivity contribution in [1.29, 1.82) is 0 Å². The standard InChI is InChI=1S/C14H19N3O3/c1-3-8-16(9-4-2)13-6-5-12(15-7-10-18)11-14(13)17(19)20/h3-6,11,15,18H,1-2,7-10H2. The summed E-state index contributed by atoms with van der Waals surface area (Å²) in [6.45, 7) is 8.62. The van der Waals surface area contributed by atoms with Crippen LogP contribution in [0.2, 0.25) is 0 Å². The van der Waals surface area contributed by atoms with Gasteiger partial charge in [-0.15, -0.1) is 13.2 Å². The molecule has 1 rings (SSSR count). The van der Waals surface area contributed by atoms with Crippen LogP contribution in [0.4, 0.5) is 17.1 Å². The maximum atomic E-state index is 11.2. The van der Waals surface area contributed by atoms with Crippen molar-refractivity contribution in [3.05, 3.63) is 53.6 Å². The molecule has 0 bridgehead atoms.